The van der Waals surface area contributed by atoms with Gasteiger partial charge in [-0.2, -0.15) is 0 Å². The summed E-state index contributed by atoms with van der Waals surface area (Å²) in [6.45, 7) is 12.7. The number of benzene rings is 2. The van der Waals surface area contributed by atoms with Crippen molar-refractivity contribution < 1.29 is 0 Å². The Morgan fingerprint density at radius 1 is 0.870 bits per heavy atom. The molecule has 3 rings (SSSR count). The molecule has 2 aromatic carbocycles. The summed E-state index contributed by atoms with van der Waals surface area (Å²) < 4.78 is 0. The smallest absolute Gasteiger partial charge is 0.109 e. The lowest BCUT2D eigenvalue weighted by Crippen LogP contribution is -2.52. The number of para-hydroxylation sites is 1. The van der Waals surface area contributed by atoms with Crippen molar-refractivity contribution in [2.45, 2.75) is 51.9 Å². The number of nitrogens with zero attached hydrogens (tertiary/aromatic N) is 2. The van der Waals surface area contributed by atoms with Gasteiger partial charge in [-0.25, -0.2) is 0 Å². The van der Waals surface area contributed by atoms with Gasteiger partial charge in [0, 0.05) is 23.3 Å². The molecule has 1 unspecified atom stereocenters. The highest BCUT2D eigenvalue weighted by Crippen LogP contribution is 2.45. The van der Waals surface area contributed by atoms with Crippen molar-refractivity contribution in [1.82, 2.24) is 4.90 Å². The summed E-state index contributed by atoms with van der Waals surface area (Å²) in [5, 5.41) is 0. The fourth-order valence-corrected chi connectivity index (χ4v) is 4.13. The minimum Gasteiger partial charge on any atom is -0.350 e. The Morgan fingerprint density at radius 2 is 1.39 bits per heavy atom. The highest BCUT2D eigenvalue weighted by atomic mass is 15.5. The number of hydrogen-bond donors (Lipinski definition) is 0. The van der Waals surface area contributed by atoms with Crippen LogP contribution in [-0.2, 0) is 0 Å². The molecule has 1 aliphatic rings. The lowest BCUT2D eigenvalue weighted by molar-refractivity contribution is 0.0334. The molecule has 1 fully saturated rings. The van der Waals surface area contributed by atoms with Crippen molar-refractivity contribution in [3.63, 3.8) is 0 Å². The molecule has 0 amide bonds. The van der Waals surface area contributed by atoms with Gasteiger partial charge in [0.15, 0.2) is 0 Å². The van der Waals surface area contributed by atoms with Crippen LogP contribution in [0.4, 0.5) is 5.69 Å². The van der Waals surface area contributed by atoms with Crippen LogP contribution in [0.2, 0.25) is 0 Å². The van der Waals surface area contributed by atoms with Crippen LogP contribution in [0.5, 0.6) is 0 Å². The Bertz CT molecular complexity index is 641. The van der Waals surface area contributed by atoms with Crippen molar-refractivity contribution in [1.29, 1.82) is 0 Å². The van der Waals surface area contributed by atoms with Crippen LogP contribution in [0.3, 0.4) is 0 Å². The van der Waals surface area contributed by atoms with Crippen LogP contribution < -0.4 is 4.90 Å². The van der Waals surface area contributed by atoms with E-state index in [1.807, 2.05) is 0 Å². The summed E-state index contributed by atoms with van der Waals surface area (Å²) in [7, 11) is 0. The highest BCUT2D eigenvalue weighted by Gasteiger charge is 2.49. The third-order valence-corrected chi connectivity index (χ3v) is 4.66. The summed E-state index contributed by atoms with van der Waals surface area (Å²) >= 11 is 0. The first-order valence-corrected chi connectivity index (χ1v) is 8.47. The zero-order valence-electron chi connectivity index (χ0n) is 15.0. The zero-order chi connectivity index (χ0) is 16.7. The summed E-state index contributed by atoms with van der Waals surface area (Å²) in [6, 6.07) is 21.7. The topological polar surface area (TPSA) is 6.48 Å². The molecule has 23 heavy (non-hydrogen) atoms. The van der Waals surface area contributed by atoms with E-state index in [1.165, 1.54) is 11.3 Å². The summed E-state index contributed by atoms with van der Waals surface area (Å²) in [4.78, 5) is 5.20. The van der Waals surface area contributed by atoms with Gasteiger partial charge in [0.25, 0.3) is 0 Å². The highest BCUT2D eigenvalue weighted by molar-refractivity contribution is 5.51. The van der Waals surface area contributed by atoms with E-state index >= 15 is 0 Å². The van der Waals surface area contributed by atoms with Gasteiger partial charge < -0.3 is 4.90 Å². The lowest BCUT2D eigenvalue weighted by Gasteiger charge is -2.45. The van der Waals surface area contributed by atoms with Gasteiger partial charge in [-0.3, -0.25) is 4.90 Å². The molecule has 1 heterocycles. The maximum atomic E-state index is 2.66. The summed E-state index contributed by atoms with van der Waals surface area (Å²) in [5.41, 5.74) is 2.85. The van der Waals surface area contributed by atoms with Crippen LogP contribution in [0.1, 0.15) is 46.3 Å². The fourth-order valence-electron chi connectivity index (χ4n) is 4.13. The zero-order valence-corrected chi connectivity index (χ0v) is 15.0. The monoisotopic (exact) mass is 308 g/mol. The lowest BCUT2D eigenvalue weighted by atomic mass is 9.95. The molecule has 1 atom stereocenters. The number of anilines is 1. The minimum atomic E-state index is 0.0908. The van der Waals surface area contributed by atoms with Gasteiger partial charge in [0.05, 0.1) is 0 Å². The van der Waals surface area contributed by atoms with E-state index in [0.717, 1.165) is 6.54 Å². The van der Waals surface area contributed by atoms with Gasteiger partial charge in [0.2, 0.25) is 0 Å². The Balaban J connectivity index is 2.13. The van der Waals surface area contributed by atoms with Crippen LogP contribution in [0.15, 0.2) is 60.7 Å². The summed E-state index contributed by atoms with van der Waals surface area (Å²) in [5.74, 6) is 0. The Labute approximate surface area is 140 Å². The predicted molar refractivity (Wildman–Crippen MR) is 98.6 cm³/mol. The van der Waals surface area contributed by atoms with Crippen LogP contribution in [-0.4, -0.2) is 22.5 Å². The molecule has 0 N–H and O–H groups in total. The third-order valence-electron chi connectivity index (χ3n) is 4.66. The van der Waals surface area contributed by atoms with E-state index in [1.54, 1.807) is 0 Å². The van der Waals surface area contributed by atoms with Gasteiger partial charge in [0.1, 0.15) is 6.17 Å². The van der Waals surface area contributed by atoms with Crippen LogP contribution >= 0.6 is 0 Å². The maximum Gasteiger partial charge on any atom is 0.109 e. The molecule has 0 spiro atoms. The second-order valence-corrected chi connectivity index (χ2v) is 8.10. The van der Waals surface area contributed by atoms with Gasteiger partial charge >= 0.3 is 0 Å². The molecule has 2 nitrogen and oxygen atoms in total. The standard InChI is InChI=1S/C21H28N2/c1-20(2,3)23-19(17-12-8-6-9-13-17)22(16-21(23,4)5)18-14-10-7-11-15-18/h6-15,19H,16H2,1-5H3. The van der Waals surface area contributed by atoms with Gasteiger partial charge in [-0.15, -0.1) is 0 Å². The van der Waals surface area contributed by atoms with Gasteiger partial charge in [-0.05, 0) is 52.3 Å². The molecule has 122 valence electrons. The Kier molecular flexibility index (Phi) is 3.97. The molecule has 0 bridgehead atoms. The largest absolute Gasteiger partial charge is 0.350 e. The van der Waals surface area contributed by atoms with E-state index in [4.69, 9.17) is 0 Å². The molecular weight excluding hydrogens is 280 g/mol. The summed E-state index contributed by atoms with van der Waals surface area (Å²) in [6.07, 6.45) is 0.258. The van der Waals surface area contributed by atoms with Crippen LogP contribution in [0.25, 0.3) is 0 Å². The maximum absolute atomic E-state index is 2.66. The van der Waals surface area contributed by atoms with E-state index in [2.05, 4.69) is 105 Å². The minimum absolute atomic E-state index is 0.0908. The third kappa shape index (κ3) is 3.00. The molecule has 0 saturated carbocycles. The first-order chi connectivity index (χ1) is 10.8. The average molecular weight is 308 g/mol. The van der Waals surface area contributed by atoms with Crippen molar-refractivity contribution in [3.05, 3.63) is 66.2 Å². The Morgan fingerprint density at radius 3 is 1.91 bits per heavy atom. The molecular formula is C21H28N2. The molecule has 0 radical (unpaired) electrons. The normalized spacial score (nSPS) is 21.6. The number of hydrogen-bond acceptors (Lipinski definition) is 2. The first-order valence-electron chi connectivity index (χ1n) is 8.47. The SMILES string of the molecule is CC(C)(C)N1C(c2ccccc2)N(c2ccccc2)CC1(C)C. The molecule has 2 aromatic rings. The predicted octanol–water partition coefficient (Wildman–Crippen LogP) is 5.08. The van der Waals surface area contributed by atoms with E-state index < -0.39 is 0 Å². The van der Waals surface area contributed by atoms with Crippen molar-refractivity contribution >= 4 is 5.69 Å². The second-order valence-electron chi connectivity index (χ2n) is 8.10. The van der Waals surface area contributed by atoms with E-state index in [9.17, 15) is 0 Å². The van der Waals surface area contributed by atoms with E-state index in [-0.39, 0.29) is 17.2 Å². The van der Waals surface area contributed by atoms with Crippen molar-refractivity contribution in [3.8, 4) is 0 Å². The second kappa shape index (κ2) is 5.68. The molecule has 1 aliphatic heterocycles. The first kappa shape index (κ1) is 16.1. The van der Waals surface area contributed by atoms with Crippen molar-refractivity contribution in [2.75, 3.05) is 11.4 Å². The molecule has 0 aromatic heterocycles. The average Bonchev–Trinajstić information content (AvgIpc) is 2.80. The van der Waals surface area contributed by atoms with E-state index in [0.29, 0.717) is 0 Å². The van der Waals surface area contributed by atoms with Gasteiger partial charge in [-0.1, -0.05) is 48.5 Å². The number of rotatable bonds is 2. The molecule has 0 aliphatic carbocycles. The quantitative estimate of drug-likeness (QED) is 0.763. The van der Waals surface area contributed by atoms with Crippen molar-refractivity contribution in [2.24, 2.45) is 0 Å². The molecule has 1 saturated heterocycles. The van der Waals surface area contributed by atoms with Crippen LogP contribution in [0, 0.1) is 0 Å². The molecule has 2 heteroatoms. The fraction of sp³-hybridized carbons (Fsp3) is 0.429. The Hall–Kier alpha value is -1.80.